The number of amides is 1. The number of aryl methyl sites for hydroxylation is 1. The molecule has 0 radical (unpaired) electrons. The first-order chi connectivity index (χ1) is 13.0. The third kappa shape index (κ3) is 8.32. The van der Waals surface area contributed by atoms with E-state index in [1.807, 2.05) is 31.2 Å². The molecule has 154 valence electrons. The maximum Gasteiger partial charge on any atom is 0.633 e. The van der Waals surface area contributed by atoms with Gasteiger partial charge >= 0.3 is 7.32 Å². The lowest BCUT2D eigenvalue weighted by Gasteiger charge is -2.12. The molecule has 28 heavy (non-hydrogen) atoms. The number of carbonyl (C=O) groups excluding carboxylic acids is 1. The highest BCUT2D eigenvalue weighted by molar-refractivity contribution is 6.32. The van der Waals surface area contributed by atoms with Crippen molar-refractivity contribution in [2.24, 2.45) is 5.73 Å². The average molecular weight is 413 g/mol. The van der Waals surface area contributed by atoms with Crippen LogP contribution in [0.5, 0.6) is 0 Å². The summed E-state index contributed by atoms with van der Waals surface area (Å²) in [5.41, 5.74) is 8.28. The molecule has 10 nitrogen and oxygen atoms in total. The molecule has 0 saturated carbocycles. The van der Waals surface area contributed by atoms with Gasteiger partial charge in [0, 0.05) is 13.2 Å². The summed E-state index contributed by atoms with van der Waals surface area (Å²) in [6, 6.07) is 7.49. The number of aromatic nitrogens is 4. The number of hydrogen-bond donors (Lipinski definition) is 4. The van der Waals surface area contributed by atoms with E-state index in [0.717, 1.165) is 11.1 Å². The van der Waals surface area contributed by atoms with Gasteiger partial charge in [-0.05, 0) is 42.2 Å². The number of hydrogen-bond acceptors (Lipinski definition) is 8. The Morgan fingerprint density at radius 1 is 1.32 bits per heavy atom. The summed E-state index contributed by atoms with van der Waals surface area (Å²) in [7, 11) is -1.76. The summed E-state index contributed by atoms with van der Waals surface area (Å²) in [4.78, 5) is 12.2. The van der Waals surface area contributed by atoms with E-state index in [2.05, 4.69) is 25.5 Å². The van der Waals surface area contributed by atoms with Crippen LogP contribution in [-0.4, -0.2) is 50.1 Å². The number of nitrogens with zero attached hydrogens (tertiary/aromatic N) is 4. The van der Waals surface area contributed by atoms with Gasteiger partial charge in [-0.1, -0.05) is 29.8 Å². The van der Waals surface area contributed by atoms with Gasteiger partial charge in [0.2, 0.25) is 5.91 Å². The number of tetrazole rings is 1. The van der Waals surface area contributed by atoms with E-state index in [4.69, 9.17) is 15.8 Å². The molecule has 5 N–H and O–H groups in total. The van der Waals surface area contributed by atoms with E-state index in [1.165, 1.54) is 4.68 Å². The normalized spacial score (nSPS) is 11.6. The van der Waals surface area contributed by atoms with Crippen molar-refractivity contribution in [1.29, 1.82) is 0 Å². The molecule has 1 heterocycles. The van der Waals surface area contributed by atoms with Crippen molar-refractivity contribution in [2.75, 3.05) is 6.61 Å². The molecule has 0 aliphatic heterocycles. The Balaban J connectivity index is 0.00000392. The van der Waals surface area contributed by atoms with Gasteiger partial charge in [0.05, 0.1) is 6.04 Å². The second-order valence-corrected chi connectivity index (χ2v) is 6.26. The van der Waals surface area contributed by atoms with Crippen molar-refractivity contribution < 1.29 is 19.5 Å². The molecule has 0 aliphatic rings. The van der Waals surface area contributed by atoms with E-state index in [9.17, 15) is 4.79 Å². The molecule has 2 aromatic rings. The average Bonchev–Trinajstić information content (AvgIpc) is 3.08. The first kappa shape index (κ1) is 24.0. The van der Waals surface area contributed by atoms with Crippen LogP contribution in [0.3, 0.4) is 0 Å². The number of unbranched alkanes of at least 4 members (excludes halogenated alkanes) is 1. The van der Waals surface area contributed by atoms with Gasteiger partial charge in [0.15, 0.2) is 5.82 Å². The van der Waals surface area contributed by atoms with Crippen LogP contribution < -0.4 is 11.1 Å². The molecular weight excluding hydrogens is 386 g/mol. The second-order valence-electron chi connectivity index (χ2n) is 6.26. The highest BCUT2D eigenvalue weighted by atomic mass is 35.5. The Morgan fingerprint density at radius 3 is 2.71 bits per heavy atom. The number of benzene rings is 1. The fourth-order valence-corrected chi connectivity index (χ4v) is 2.47. The minimum absolute atomic E-state index is 0. The van der Waals surface area contributed by atoms with E-state index in [1.54, 1.807) is 0 Å². The zero-order valence-corrected chi connectivity index (χ0v) is 16.5. The Kier molecular flexibility index (Phi) is 10.6. The van der Waals surface area contributed by atoms with Crippen molar-refractivity contribution in [3.05, 3.63) is 41.2 Å². The molecule has 0 saturated heterocycles. The van der Waals surface area contributed by atoms with E-state index < -0.39 is 13.4 Å². The first-order valence-electron chi connectivity index (χ1n) is 8.77. The smallest absolute Gasteiger partial charge is 0.402 e. The lowest BCUT2D eigenvalue weighted by atomic mass is 10.1. The number of halogens is 1. The molecule has 1 unspecified atom stereocenters. The van der Waals surface area contributed by atoms with Crippen LogP contribution in [0.2, 0.25) is 0 Å². The van der Waals surface area contributed by atoms with Crippen LogP contribution in [0.15, 0.2) is 24.3 Å². The molecule has 1 amide bonds. The van der Waals surface area contributed by atoms with Gasteiger partial charge in [-0.25, -0.2) is 4.68 Å². The number of rotatable bonds is 11. The van der Waals surface area contributed by atoms with Crippen LogP contribution in [0.4, 0.5) is 0 Å². The van der Waals surface area contributed by atoms with Crippen molar-refractivity contribution >= 4 is 25.6 Å². The zero-order valence-electron chi connectivity index (χ0n) is 15.7. The molecular formula is C16H26BClN6O4. The third-order valence-electron chi connectivity index (χ3n) is 3.97. The summed E-state index contributed by atoms with van der Waals surface area (Å²) < 4.78 is 6.02. The SMILES string of the molecule is Cc1ccc(CNC(=O)Cn2nnnc2C(N)CCCCOB(O)O)cc1.Cl. The Labute approximate surface area is 170 Å². The predicted molar refractivity (Wildman–Crippen MR) is 105 cm³/mol. The van der Waals surface area contributed by atoms with Gasteiger partial charge in [-0.2, -0.15) is 0 Å². The Morgan fingerprint density at radius 2 is 2.04 bits per heavy atom. The Bertz CT molecular complexity index is 715. The topological polar surface area (TPSA) is 148 Å². The summed E-state index contributed by atoms with van der Waals surface area (Å²) in [6.07, 6.45) is 1.89. The number of nitrogens with one attached hydrogen (secondary N) is 1. The molecule has 0 bridgehead atoms. The predicted octanol–water partition coefficient (Wildman–Crippen LogP) is -0.124. The third-order valence-corrected chi connectivity index (χ3v) is 3.97. The first-order valence-corrected chi connectivity index (χ1v) is 8.77. The fraction of sp³-hybridized carbons (Fsp3) is 0.500. The van der Waals surface area contributed by atoms with Gasteiger partial charge in [0.25, 0.3) is 0 Å². The molecule has 0 spiro atoms. The van der Waals surface area contributed by atoms with E-state index in [-0.39, 0.29) is 31.5 Å². The summed E-state index contributed by atoms with van der Waals surface area (Å²) in [6.45, 7) is 2.64. The van der Waals surface area contributed by atoms with Crippen molar-refractivity contribution in [3.8, 4) is 0 Å². The van der Waals surface area contributed by atoms with Gasteiger partial charge < -0.3 is 25.8 Å². The number of nitrogens with two attached hydrogens (primary N) is 1. The maximum absolute atomic E-state index is 12.2. The molecule has 0 aliphatic carbocycles. The van der Waals surface area contributed by atoms with E-state index >= 15 is 0 Å². The quantitative estimate of drug-likeness (QED) is 0.295. The number of carbonyl (C=O) groups is 1. The van der Waals surface area contributed by atoms with Gasteiger partial charge in [0.1, 0.15) is 6.54 Å². The van der Waals surface area contributed by atoms with Crippen molar-refractivity contribution in [1.82, 2.24) is 25.5 Å². The van der Waals surface area contributed by atoms with Crippen LogP contribution in [0, 0.1) is 6.92 Å². The summed E-state index contributed by atoms with van der Waals surface area (Å²) in [5, 5.41) is 31.4. The lowest BCUT2D eigenvalue weighted by Crippen LogP contribution is -2.29. The Hall–Kier alpha value is -2.05. The minimum atomic E-state index is -1.76. The van der Waals surface area contributed by atoms with Crippen LogP contribution >= 0.6 is 12.4 Å². The zero-order chi connectivity index (χ0) is 19.6. The van der Waals surface area contributed by atoms with Gasteiger partial charge in [-0.15, -0.1) is 17.5 Å². The van der Waals surface area contributed by atoms with Crippen molar-refractivity contribution in [3.63, 3.8) is 0 Å². The van der Waals surface area contributed by atoms with Crippen LogP contribution in [0.1, 0.15) is 42.3 Å². The molecule has 2 rings (SSSR count). The minimum Gasteiger partial charge on any atom is -0.402 e. The van der Waals surface area contributed by atoms with Gasteiger partial charge in [-0.3, -0.25) is 4.79 Å². The summed E-state index contributed by atoms with van der Waals surface area (Å²) in [5.74, 6) is 0.227. The maximum atomic E-state index is 12.2. The summed E-state index contributed by atoms with van der Waals surface area (Å²) >= 11 is 0. The molecule has 12 heteroatoms. The molecule has 1 atom stereocenters. The highest BCUT2D eigenvalue weighted by Crippen LogP contribution is 2.13. The molecule has 0 fully saturated rings. The monoisotopic (exact) mass is 412 g/mol. The van der Waals surface area contributed by atoms with Crippen molar-refractivity contribution in [2.45, 2.75) is 45.3 Å². The fourth-order valence-electron chi connectivity index (χ4n) is 2.47. The molecule has 1 aromatic carbocycles. The largest absolute Gasteiger partial charge is 0.633 e. The standard InChI is InChI=1S/C16H25BN6O4.ClH/c1-12-5-7-13(8-6-12)10-19-15(24)11-23-16(20-21-22-23)14(18)4-2-3-9-27-17(25)26;/h5-8,14,25-26H,2-4,9-11,18H2,1H3,(H,19,24);1H. The lowest BCUT2D eigenvalue weighted by molar-refractivity contribution is -0.122. The van der Waals surface area contributed by atoms with E-state index in [0.29, 0.717) is 31.6 Å². The second kappa shape index (κ2) is 12.4. The van der Waals surface area contributed by atoms with Crippen LogP contribution in [0.25, 0.3) is 0 Å². The molecule has 1 aromatic heterocycles. The van der Waals surface area contributed by atoms with Crippen LogP contribution in [-0.2, 0) is 22.5 Å². The highest BCUT2D eigenvalue weighted by Gasteiger charge is 2.17.